The van der Waals surface area contributed by atoms with Crippen molar-refractivity contribution >= 4 is 34.3 Å². The summed E-state index contributed by atoms with van der Waals surface area (Å²) in [5.41, 5.74) is 1.97. The van der Waals surface area contributed by atoms with E-state index in [1.54, 1.807) is 44.0 Å². The Bertz CT molecular complexity index is 874. The number of benzene rings is 1. The standard InChI is InChI=1S/C16H19N5O3/c1-16(2,3)24-15(23)21-13-11(18-19-21)7-6-10-12(13)9(8-20(4)5)14(22)17-10/h6-8H,1-5H3,(H,17,22). The number of carbonyl (C=O) groups excluding carboxylic acids is 2. The smallest absolute Gasteiger partial charge is 0.437 e. The highest BCUT2D eigenvalue weighted by Gasteiger charge is 2.31. The third-order valence-corrected chi connectivity index (χ3v) is 3.33. The van der Waals surface area contributed by atoms with Gasteiger partial charge in [0.2, 0.25) is 0 Å². The molecular formula is C16H19N5O3. The van der Waals surface area contributed by atoms with Crippen molar-refractivity contribution in [2.45, 2.75) is 26.4 Å². The molecule has 24 heavy (non-hydrogen) atoms. The molecule has 2 aromatic rings. The van der Waals surface area contributed by atoms with Crippen LogP contribution in [0.5, 0.6) is 0 Å². The monoisotopic (exact) mass is 329 g/mol. The zero-order valence-corrected chi connectivity index (χ0v) is 14.2. The van der Waals surface area contributed by atoms with E-state index in [1.165, 1.54) is 0 Å². The minimum Gasteiger partial charge on any atom is -0.442 e. The number of rotatable bonds is 1. The molecule has 126 valence electrons. The molecule has 1 aliphatic heterocycles. The summed E-state index contributed by atoms with van der Waals surface area (Å²) in [5, 5.41) is 10.7. The Balaban J connectivity index is 2.21. The number of anilines is 1. The van der Waals surface area contributed by atoms with E-state index in [0.717, 1.165) is 4.68 Å². The van der Waals surface area contributed by atoms with Gasteiger partial charge in [-0.2, -0.15) is 0 Å². The van der Waals surface area contributed by atoms with E-state index in [1.807, 2.05) is 14.1 Å². The zero-order valence-electron chi connectivity index (χ0n) is 14.2. The molecule has 1 amide bonds. The van der Waals surface area contributed by atoms with Gasteiger partial charge in [0, 0.05) is 25.9 Å². The van der Waals surface area contributed by atoms with Crippen LogP contribution in [0.15, 0.2) is 18.3 Å². The molecule has 0 spiro atoms. The van der Waals surface area contributed by atoms with Gasteiger partial charge in [-0.1, -0.05) is 5.21 Å². The van der Waals surface area contributed by atoms with Crippen LogP contribution in [0.3, 0.4) is 0 Å². The van der Waals surface area contributed by atoms with Gasteiger partial charge in [0.1, 0.15) is 16.6 Å². The molecule has 8 nitrogen and oxygen atoms in total. The van der Waals surface area contributed by atoms with Gasteiger partial charge < -0.3 is 15.0 Å². The first-order chi connectivity index (χ1) is 11.2. The van der Waals surface area contributed by atoms with E-state index < -0.39 is 11.7 Å². The molecule has 0 fully saturated rings. The molecule has 0 radical (unpaired) electrons. The van der Waals surface area contributed by atoms with Gasteiger partial charge in [-0.3, -0.25) is 4.79 Å². The van der Waals surface area contributed by atoms with Gasteiger partial charge in [-0.05, 0) is 32.9 Å². The molecule has 3 rings (SSSR count). The van der Waals surface area contributed by atoms with Gasteiger partial charge in [-0.15, -0.1) is 9.78 Å². The third-order valence-electron chi connectivity index (χ3n) is 3.33. The normalized spacial score (nSPS) is 15.5. The highest BCUT2D eigenvalue weighted by Crippen LogP contribution is 2.37. The number of fused-ring (bicyclic) bond motifs is 3. The molecule has 1 aliphatic rings. The van der Waals surface area contributed by atoms with Crippen LogP contribution in [0.2, 0.25) is 0 Å². The molecule has 0 atom stereocenters. The lowest BCUT2D eigenvalue weighted by atomic mass is 10.1. The minimum atomic E-state index is -0.663. The molecule has 1 aromatic heterocycles. The first kappa shape index (κ1) is 16.0. The number of carbonyl (C=O) groups is 2. The van der Waals surface area contributed by atoms with Crippen molar-refractivity contribution in [2.24, 2.45) is 0 Å². The molecule has 1 N–H and O–H groups in total. The Kier molecular flexibility index (Phi) is 3.55. The van der Waals surface area contributed by atoms with E-state index in [4.69, 9.17) is 4.74 Å². The fourth-order valence-electron chi connectivity index (χ4n) is 2.51. The van der Waals surface area contributed by atoms with Crippen LogP contribution in [0, 0.1) is 0 Å². The highest BCUT2D eigenvalue weighted by atomic mass is 16.6. The fraction of sp³-hybridized carbons (Fsp3) is 0.375. The van der Waals surface area contributed by atoms with Crippen molar-refractivity contribution in [1.82, 2.24) is 19.9 Å². The summed E-state index contributed by atoms with van der Waals surface area (Å²) < 4.78 is 6.48. The Morgan fingerprint density at radius 1 is 1.33 bits per heavy atom. The molecule has 8 heteroatoms. The average molecular weight is 329 g/mol. The minimum absolute atomic E-state index is 0.233. The van der Waals surface area contributed by atoms with Crippen LogP contribution in [-0.2, 0) is 9.53 Å². The maximum Gasteiger partial charge on any atom is 0.437 e. The molecular weight excluding hydrogens is 310 g/mol. The van der Waals surface area contributed by atoms with E-state index in [9.17, 15) is 9.59 Å². The maximum atomic E-state index is 12.4. The van der Waals surface area contributed by atoms with Crippen LogP contribution in [-0.4, -0.2) is 51.6 Å². The summed E-state index contributed by atoms with van der Waals surface area (Å²) in [6.07, 6.45) is 1.06. The lowest BCUT2D eigenvalue weighted by Crippen LogP contribution is -2.28. The molecule has 0 saturated carbocycles. The molecule has 0 unspecified atom stereocenters. The summed E-state index contributed by atoms with van der Waals surface area (Å²) in [6, 6.07) is 3.46. The van der Waals surface area contributed by atoms with Crippen molar-refractivity contribution in [3.8, 4) is 0 Å². The van der Waals surface area contributed by atoms with Crippen LogP contribution >= 0.6 is 0 Å². The number of aromatic nitrogens is 3. The van der Waals surface area contributed by atoms with Gasteiger partial charge in [-0.25, -0.2) is 4.79 Å². The van der Waals surface area contributed by atoms with Crippen LogP contribution in [0.4, 0.5) is 10.5 Å². The Morgan fingerprint density at radius 2 is 2.04 bits per heavy atom. The number of nitrogens with zero attached hydrogens (tertiary/aromatic N) is 4. The largest absolute Gasteiger partial charge is 0.442 e. The number of hydrogen-bond donors (Lipinski definition) is 1. The van der Waals surface area contributed by atoms with Crippen molar-refractivity contribution in [1.29, 1.82) is 0 Å². The summed E-state index contributed by atoms with van der Waals surface area (Å²) >= 11 is 0. The van der Waals surface area contributed by atoms with E-state index in [-0.39, 0.29) is 5.91 Å². The lowest BCUT2D eigenvalue weighted by molar-refractivity contribution is -0.110. The first-order valence-corrected chi connectivity index (χ1v) is 7.49. The fourth-order valence-corrected chi connectivity index (χ4v) is 2.51. The van der Waals surface area contributed by atoms with Gasteiger partial charge in [0.05, 0.1) is 11.3 Å². The van der Waals surface area contributed by atoms with Crippen molar-refractivity contribution in [3.05, 3.63) is 23.9 Å². The van der Waals surface area contributed by atoms with Crippen LogP contribution < -0.4 is 5.32 Å². The summed E-state index contributed by atoms with van der Waals surface area (Å²) in [5.74, 6) is -0.233. The van der Waals surface area contributed by atoms with E-state index in [0.29, 0.717) is 27.9 Å². The van der Waals surface area contributed by atoms with Gasteiger partial charge in [0.25, 0.3) is 5.91 Å². The Morgan fingerprint density at radius 3 is 2.67 bits per heavy atom. The molecule has 2 heterocycles. The second-order valence-electron chi connectivity index (χ2n) is 6.80. The predicted octanol–water partition coefficient (Wildman–Crippen LogP) is 2.07. The van der Waals surface area contributed by atoms with Gasteiger partial charge in [0.15, 0.2) is 0 Å². The summed E-state index contributed by atoms with van der Waals surface area (Å²) in [6.45, 7) is 5.32. The van der Waals surface area contributed by atoms with Crippen molar-refractivity contribution < 1.29 is 14.3 Å². The molecule has 0 saturated heterocycles. The van der Waals surface area contributed by atoms with Crippen LogP contribution in [0.1, 0.15) is 26.3 Å². The first-order valence-electron chi connectivity index (χ1n) is 7.49. The van der Waals surface area contributed by atoms with E-state index in [2.05, 4.69) is 15.6 Å². The quantitative estimate of drug-likeness (QED) is 0.806. The number of amides is 1. The van der Waals surface area contributed by atoms with Crippen molar-refractivity contribution in [3.63, 3.8) is 0 Å². The third kappa shape index (κ3) is 2.70. The lowest BCUT2D eigenvalue weighted by Gasteiger charge is -2.19. The maximum absolute atomic E-state index is 12.4. The Labute approximate surface area is 139 Å². The van der Waals surface area contributed by atoms with Gasteiger partial charge >= 0.3 is 6.09 Å². The molecule has 1 aromatic carbocycles. The average Bonchev–Trinajstić information content (AvgIpc) is 2.98. The number of hydrogen-bond acceptors (Lipinski definition) is 6. The molecule has 0 aliphatic carbocycles. The second kappa shape index (κ2) is 5.33. The highest BCUT2D eigenvalue weighted by molar-refractivity contribution is 6.34. The van der Waals surface area contributed by atoms with E-state index >= 15 is 0 Å². The summed E-state index contributed by atoms with van der Waals surface area (Å²) in [7, 11) is 3.64. The van der Waals surface area contributed by atoms with Crippen LogP contribution in [0.25, 0.3) is 16.6 Å². The predicted molar refractivity (Wildman–Crippen MR) is 89.5 cm³/mol. The second-order valence-corrected chi connectivity index (χ2v) is 6.80. The zero-order chi connectivity index (χ0) is 17.6. The number of nitrogens with one attached hydrogen (secondary N) is 1. The Hall–Kier alpha value is -2.90. The molecule has 0 bridgehead atoms. The number of ether oxygens (including phenoxy) is 1. The summed E-state index contributed by atoms with van der Waals surface area (Å²) in [4.78, 5) is 26.5. The SMILES string of the molecule is CN(C)C=C1C(=O)Nc2ccc3nnn(C(=O)OC(C)(C)C)c3c21. The van der Waals surface area contributed by atoms with Crippen molar-refractivity contribution in [2.75, 3.05) is 19.4 Å². The topological polar surface area (TPSA) is 89.4 Å².